The molecule has 2 rings (SSSR count). The SMILES string of the molecule is CC(C)n1cnnc1SCC(=O)NCc1cccc(OCC(=O)O)c1. The Labute approximate surface area is 149 Å². The first-order valence-corrected chi connectivity index (χ1v) is 8.67. The van der Waals surface area contributed by atoms with Crippen LogP contribution in [0.15, 0.2) is 35.7 Å². The molecule has 0 atom stereocenters. The number of aliphatic carboxylic acids is 1. The lowest BCUT2D eigenvalue weighted by atomic mass is 10.2. The topological polar surface area (TPSA) is 106 Å². The highest BCUT2D eigenvalue weighted by Crippen LogP contribution is 2.18. The molecule has 0 saturated heterocycles. The Balaban J connectivity index is 1.80. The Hall–Kier alpha value is -2.55. The van der Waals surface area contributed by atoms with Crippen LogP contribution in [0.1, 0.15) is 25.5 Å². The molecule has 0 spiro atoms. The van der Waals surface area contributed by atoms with Gasteiger partial charge in [-0.3, -0.25) is 4.79 Å². The number of hydrogen-bond acceptors (Lipinski definition) is 6. The van der Waals surface area contributed by atoms with Crippen molar-refractivity contribution in [3.8, 4) is 5.75 Å². The van der Waals surface area contributed by atoms with Crippen molar-refractivity contribution in [1.82, 2.24) is 20.1 Å². The van der Waals surface area contributed by atoms with Gasteiger partial charge in [0.15, 0.2) is 11.8 Å². The van der Waals surface area contributed by atoms with E-state index in [0.29, 0.717) is 17.5 Å². The zero-order valence-corrected chi connectivity index (χ0v) is 14.8. The number of carboxylic acids is 1. The molecule has 0 aliphatic rings. The number of carbonyl (C=O) groups excluding carboxylic acids is 1. The van der Waals surface area contributed by atoms with Crippen molar-refractivity contribution in [2.24, 2.45) is 0 Å². The third kappa shape index (κ3) is 6.11. The molecule has 0 aliphatic heterocycles. The van der Waals surface area contributed by atoms with Crippen LogP contribution in [0.2, 0.25) is 0 Å². The van der Waals surface area contributed by atoms with E-state index in [1.54, 1.807) is 24.5 Å². The van der Waals surface area contributed by atoms with Crippen molar-refractivity contribution in [1.29, 1.82) is 0 Å². The van der Waals surface area contributed by atoms with Crippen molar-refractivity contribution in [3.05, 3.63) is 36.2 Å². The van der Waals surface area contributed by atoms with Crippen molar-refractivity contribution in [2.45, 2.75) is 31.6 Å². The second kappa shape index (κ2) is 9.07. The second-order valence-corrected chi connectivity index (χ2v) is 6.45. The van der Waals surface area contributed by atoms with Crippen LogP contribution in [-0.4, -0.2) is 44.1 Å². The van der Waals surface area contributed by atoms with Gasteiger partial charge in [0.2, 0.25) is 5.91 Å². The summed E-state index contributed by atoms with van der Waals surface area (Å²) in [5.41, 5.74) is 0.826. The van der Waals surface area contributed by atoms with Crippen LogP contribution in [0.5, 0.6) is 5.75 Å². The number of nitrogens with one attached hydrogen (secondary N) is 1. The van der Waals surface area contributed by atoms with Gasteiger partial charge in [0, 0.05) is 12.6 Å². The van der Waals surface area contributed by atoms with Crippen LogP contribution in [0.3, 0.4) is 0 Å². The molecular weight excluding hydrogens is 344 g/mol. The summed E-state index contributed by atoms with van der Waals surface area (Å²) in [6.45, 7) is 3.98. The lowest BCUT2D eigenvalue weighted by molar-refractivity contribution is -0.139. The van der Waals surface area contributed by atoms with Crippen LogP contribution >= 0.6 is 11.8 Å². The van der Waals surface area contributed by atoms with Crippen molar-refractivity contribution < 1.29 is 19.4 Å². The minimum absolute atomic E-state index is 0.125. The number of benzene rings is 1. The third-order valence-electron chi connectivity index (χ3n) is 3.18. The van der Waals surface area contributed by atoms with Crippen molar-refractivity contribution >= 4 is 23.6 Å². The van der Waals surface area contributed by atoms with Crippen LogP contribution < -0.4 is 10.1 Å². The van der Waals surface area contributed by atoms with Gasteiger partial charge in [-0.25, -0.2) is 4.79 Å². The van der Waals surface area contributed by atoms with E-state index < -0.39 is 12.6 Å². The van der Waals surface area contributed by atoms with E-state index >= 15 is 0 Å². The van der Waals surface area contributed by atoms with E-state index in [-0.39, 0.29) is 17.7 Å². The molecule has 134 valence electrons. The van der Waals surface area contributed by atoms with Gasteiger partial charge in [0.05, 0.1) is 5.75 Å². The average Bonchev–Trinajstić information content (AvgIpc) is 3.05. The quantitative estimate of drug-likeness (QED) is 0.653. The summed E-state index contributed by atoms with van der Waals surface area (Å²) in [5.74, 6) is -0.473. The van der Waals surface area contributed by atoms with Gasteiger partial charge < -0.3 is 19.7 Å². The van der Waals surface area contributed by atoms with Gasteiger partial charge >= 0.3 is 5.97 Å². The standard InChI is InChI=1S/C16H20N4O4S/c1-11(2)20-10-18-19-16(20)25-9-14(21)17-7-12-4-3-5-13(6-12)24-8-15(22)23/h3-6,10-11H,7-9H2,1-2H3,(H,17,21)(H,22,23). The number of carbonyl (C=O) groups is 2. The molecule has 0 radical (unpaired) electrons. The molecule has 2 aromatic rings. The summed E-state index contributed by atoms with van der Waals surface area (Å²) in [7, 11) is 0. The van der Waals surface area contributed by atoms with Crippen LogP contribution in [0.4, 0.5) is 0 Å². The molecule has 0 unspecified atom stereocenters. The molecule has 1 heterocycles. The molecule has 1 aromatic carbocycles. The molecule has 0 fully saturated rings. The maximum absolute atomic E-state index is 12.0. The van der Waals surface area contributed by atoms with E-state index in [4.69, 9.17) is 9.84 Å². The maximum atomic E-state index is 12.0. The fourth-order valence-corrected chi connectivity index (χ4v) is 2.84. The Kier molecular flexibility index (Phi) is 6.81. The normalized spacial score (nSPS) is 10.7. The highest BCUT2D eigenvalue weighted by Gasteiger charge is 2.10. The molecule has 9 heteroatoms. The zero-order valence-electron chi connectivity index (χ0n) is 14.0. The largest absolute Gasteiger partial charge is 0.482 e. The fraction of sp³-hybridized carbons (Fsp3) is 0.375. The van der Waals surface area contributed by atoms with E-state index in [0.717, 1.165) is 5.56 Å². The lowest BCUT2D eigenvalue weighted by Gasteiger charge is -2.10. The monoisotopic (exact) mass is 364 g/mol. The predicted octanol–water partition coefficient (Wildman–Crippen LogP) is 1.73. The molecule has 0 saturated carbocycles. The number of thioether (sulfide) groups is 1. The predicted molar refractivity (Wildman–Crippen MR) is 92.6 cm³/mol. The van der Waals surface area contributed by atoms with Gasteiger partial charge in [-0.1, -0.05) is 23.9 Å². The van der Waals surface area contributed by atoms with Gasteiger partial charge in [-0.05, 0) is 31.5 Å². The number of aromatic nitrogens is 3. The summed E-state index contributed by atoms with van der Waals surface area (Å²) < 4.78 is 7.02. The van der Waals surface area contributed by atoms with Gasteiger partial charge in [-0.15, -0.1) is 10.2 Å². The smallest absolute Gasteiger partial charge is 0.341 e. The molecule has 8 nitrogen and oxygen atoms in total. The molecule has 0 bridgehead atoms. The number of hydrogen-bond donors (Lipinski definition) is 2. The van der Waals surface area contributed by atoms with E-state index in [1.165, 1.54) is 11.8 Å². The molecule has 0 aliphatic carbocycles. The fourth-order valence-electron chi connectivity index (χ4n) is 1.96. The summed E-state index contributed by atoms with van der Waals surface area (Å²) >= 11 is 1.33. The van der Waals surface area contributed by atoms with Crippen molar-refractivity contribution in [2.75, 3.05) is 12.4 Å². The first-order chi connectivity index (χ1) is 12.0. The highest BCUT2D eigenvalue weighted by atomic mass is 32.2. The Morgan fingerprint density at radius 3 is 2.92 bits per heavy atom. The minimum Gasteiger partial charge on any atom is -0.482 e. The number of ether oxygens (including phenoxy) is 1. The molecular formula is C16H20N4O4S. The lowest BCUT2D eigenvalue weighted by Crippen LogP contribution is -2.24. The van der Waals surface area contributed by atoms with Crippen LogP contribution in [0.25, 0.3) is 0 Å². The van der Waals surface area contributed by atoms with Gasteiger partial charge in [0.25, 0.3) is 0 Å². The Morgan fingerprint density at radius 2 is 2.20 bits per heavy atom. The van der Waals surface area contributed by atoms with Crippen molar-refractivity contribution in [3.63, 3.8) is 0 Å². The molecule has 2 N–H and O–H groups in total. The number of nitrogens with zero attached hydrogens (tertiary/aromatic N) is 3. The van der Waals surface area contributed by atoms with E-state index in [1.807, 2.05) is 24.5 Å². The van der Waals surface area contributed by atoms with Crippen LogP contribution in [-0.2, 0) is 16.1 Å². The summed E-state index contributed by atoms with van der Waals surface area (Å²) in [6.07, 6.45) is 1.65. The third-order valence-corrected chi connectivity index (χ3v) is 4.14. The maximum Gasteiger partial charge on any atom is 0.341 e. The van der Waals surface area contributed by atoms with Gasteiger partial charge in [0.1, 0.15) is 12.1 Å². The van der Waals surface area contributed by atoms with E-state index in [9.17, 15) is 9.59 Å². The summed E-state index contributed by atoms with van der Waals surface area (Å²) in [5, 5.41) is 20.0. The molecule has 25 heavy (non-hydrogen) atoms. The van der Waals surface area contributed by atoms with Crippen LogP contribution in [0, 0.1) is 0 Å². The first kappa shape index (κ1) is 18.8. The van der Waals surface area contributed by atoms with E-state index in [2.05, 4.69) is 15.5 Å². The minimum atomic E-state index is -1.04. The number of carboxylic acid groups (broad SMARTS) is 1. The Bertz CT molecular complexity index is 732. The zero-order chi connectivity index (χ0) is 18.2. The second-order valence-electron chi connectivity index (χ2n) is 5.51. The molecule has 1 aromatic heterocycles. The van der Waals surface area contributed by atoms with Gasteiger partial charge in [-0.2, -0.15) is 0 Å². The summed E-state index contributed by atoms with van der Waals surface area (Å²) in [6, 6.07) is 7.18. The average molecular weight is 364 g/mol. The number of rotatable bonds is 9. The number of amides is 1. The Morgan fingerprint density at radius 1 is 1.40 bits per heavy atom. The first-order valence-electron chi connectivity index (χ1n) is 7.68. The summed E-state index contributed by atoms with van der Waals surface area (Å²) in [4.78, 5) is 22.5. The highest BCUT2D eigenvalue weighted by molar-refractivity contribution is 7.99. The molecule has 1 amide bonds.